The van der Waals surface area contributed by atoms with Gasteiger partial charge in [0.15, 0.2) is 0 Å². The summed E-state index contributed by atoms with van der Waals surface area (Å²) in [4.78, 5) is 13.4. The minimum Gasteiger partial charge on any atom is -0.337 e. The fourth-order valence-electron chi connectivity index (χ4n) is 2.27. The number of benzene rings is 2. The van der Waals surface area contributed by atoms with E-state index in [1.165, 1.54) is 30.1 Å². The molecule has 0 atom stereocenters. The largest absolute Gasteiger partial charge is 0.337 e. The smallest absolute Gasteiger partial charge is 0.317 e. The summed E-state index contributed by atoms with van der Waals surface area (Å²) in [5.41, 5.74) is 1.12. The van der Waals surface area contributed by atoms with Crippen LogP contribution in [0.15, 0.2) is 47.4 Å². The monoisotopic (exact) mass is 397 g/mol. The number of nitrogens with one attached hydrogen (secondary N) is 2. The first-order chi connectivity index (χ1) is 12.7. The highest BCUT2D eigenvalue weighted by Crippen LogP contribution is 2.12. The van der Waals surface area contributed by atoms with Crippen molar-refractivity contribution in [2.24, 2.45) is 0 Å². The van der Waals surface area contributed by atoms with Gasteiger partial charge in [-0.15, -0.1) is 0 Å². The van der Waals surface area contributed by atoms with E-state index in [9.17, 15) is 22.0 Å². The number of halogens is 2. The van der Waals surface area contributed by atoms with Crippen LogP contribution in [0.3, 0.4) is 0 Å². The lowest BCUT2D eigenvalue weighted by atomic mass is 10.2. The first kappa shape index (κ1) is 20.8. The summed E-state index contributed by atoms with van der Waals surface area (Å²) in [5.74, 6) is -1.43. The van der Waals surface area contributed by atoms with Crippen molar-refractivity contribution < 1.29 is 22.0 Å². The molecule has 146 valence electrons. The number of urea groups is 1. The van der Waals surface area contributed by atoms with Crippen molar-refractivity contribution in [3.05, 3.63) is 65.2 Å². The maximum Gasteiger partial charge on any atom is 0.317 e. The standard InChI is InChI=1S/C18H21F2N3O3S/c1-13-3-7-16(8-4-13)27(25,26)22-10-9-21-18(24)23(2)12-14-5-6-15(19)11-17(14)20/h3-8,11,22H,9-10,12H2,1-2H3,(H,21,24). The molecule has 0 saturated carbocycles. The Morgan fingerprint density at radius 1 is 1.07 bits per heavy atom. The maximum absolute atomic E-state index is 13.6. The van der Waals surface area contributed by atoms with Crippen molar-refractivity contribution in [3.63, 3.8) is 0 Å². The van der Waals surface area contributed by atoms with E-state index >= 15 is 0 Å². The van der Waals surface area contributed by atoms with Crippen LogP contribution in [0.25, 0.3) is 0 Å². The lowest BCUT2D eigenvalue weighted by molar-refractivity contribution is 0.206. The lowest BCUT2D eigenvalue weighted by Gasteiger charge is -2.18. The SMILES string of the molecule is Cc1ccc(S(=O)(=O)NCCNC(=O)N(C)Cc2ccc(F)cc2F)cc1. The average Bonchev–Trinajstić information content (AvgIpc) is 2.61. The molecule has 2 aromatic rings. The fourth-order valence-corrected chi connectivity index (χ4v) is 3.30. The van der Waals surface area contributed by atoms with E-state index in [1.54, 1.807) is 12.1 Å². The molecule has 0 saturated heterocycles. The molecule has 2 aromatic carbocycles. The maximum atomic E-state index is 13.6. The zero-order valence-electron chi connectivity index (χ0n) is 15.0. The Hall–Kier alpha value is -2.52. The summed E-state index contributed by atoms with van der Waals surface area (Å²) < 4.78 is 53.2. The Kier molecular flexibility index (Phi) is 6.86. The van der Waals surface area contributed by atoms with Gasteiger partial charge in [0, 0.05) is 38.3 Å². The van der Waals surface area contributed by atoms with E-state index in [-0.39, 0.29) is 30.1 Å². The molecule has 0 spiro atoms. The van der Waals surface area contributed by atoms with Crippen molar-refractivity contribution in [2.45, 2.75) is 18.4 Å². The number of carbonyl (C=O) groups is 1. The zero-order valence-corrected chi connectivity index (χ0v) is 15.8. The Bertz CT molecular complexity index is 903. The third-order valence-corrected chi connectivity index (χ3v) is 5.27. The first-order valence-electron chi connectivity index (χ1n) is 8.18. The van der Waals surface area contributed by atoms with E-state index in [0.29, 0.717) is 0 Å². The highest BCUT2D eigenvalue weighted by Gasteiger charge is 2.14. The van der Waals surface area contributed by atoms with Crippen LogP contribution in [0.4, 0.5) is 13.6 Å². The van der Waals surface area contributed by atoms with E-state index in [4.69, 9.17) is 0 Å². The average molecular weight is 397 g/mol. The topological polar surface area (TPSA) is 78.5 Å². The van der Waals surface area contributed by atoms with Crippen LogP contribution in [0.5, 0.6) is 0 Å². The molecule has 2 N–H and O–H groups in total. The second-order valence-corrected chi connectivity index (χ2v) is 7.80. The second kappa shape index (κ2) is 8.92. The summed E-state index contributed by atoms with van der Waals surface area (Å²) in [6, 6.07) is 9.02. The Morgan fingerprint density at radius 2 is 1.74 bits per heavy atom. The van der Waals surface area contributed by atoms with Gasteiger partial charge in [0.05, 0.1) is 4.90 Å². The third kappa shape index (κ3) is 6.00. The van der Waals surface area contributed by atoms with Crippen molar-refractivity contribution in [1.82, 2.24) is 14.9 Å². The molecule has 2 rings (SSSR count). The molecule has 27 heavy (non-hydrogen) atoms. The van der Waals surface area contributed by atoms with Gasteiger partial charge in [0.1, 0.15) is 11.6 Å². The Labute approximate surface area is 157 Å². The lowest BCUT2D eigenvalue weighted by Crippen LogP contribution is -2.41. The van der Waals surface area contributed by atoms with Crippen LogP contribution in [0, 0.1) is 18.6 Å². The predicted octanol–water partition coefficient (Wildman–Crippen LogP) is 2.39. The molecule has 0 aliphatic rings. The van der Waals surface area contributed by atoms with Crippen LogP contribution in [0.2, 0.25) is 0 Å². The van der Waals surface area contributed by atoms with Gasteiger partial charge < -0.3 is 10.2 Å². The quantitative estimate of drug-likeness (QED) is 0.705. The minimum absolute atomic E-state index is 0.000694. The van der Waals surface area contributed by atoms with Crippen molar-refractivity contribution in [2.75, 3.05) is 20.1 Å². The molecule has 0 radical (unpaired) electrons. The van der Waals surface area contributed by atoms with E-state index < -0.39 is 27.7 Å². The van der Waals surface area contributed by atoms with Gasteiger partial charge in [-0.2, -0.15) is 0 Å². The second-order valence-electron chi connectivity index (χ2n) is 6.03. The molecule has 6 nitrogen and oxygen atoms in total. The highest BCUT2D eigenvalue weighted by atomic mass is 32.2. The van der Waals surface area contributed by atoms with Crippen LogP contribution < -0.4 is 10.0 Å². The third-order valence-electron chi connectivity index (χ3n) is 3.79. The molecule has 0 unspecified atom stereocenters. The van der Waals surface area contributed by atoms with Gasteiger partial charge in [-0.3, -0.25) is 0 Å². The van der Waals surface area contributed by atoms with Gasteiger partial charge in [0.25, 0.3) is 0 Å². The molecule has 0 bridgehead atoms. The molecule has 0 aliphatic heterocycles. The summed E-state index contributed by atoms with van der Waals surface area (Å²) in [7, 11) is -2.20. The highest BCUT2D eigenvalue weighted by molar-refractivity contribution is 7.89. The van der Waals surface area contributed by atoms with Crippen LogP contribution in [-0.2, 0) is 16.6 Å². The van der Waals surface area contributed by atoms with E-state index in [1.807, 2.05) is 6.92 Å². The predicted molar refractivity (Wildman–Crippen MR) is 97.6 cm³/mol. The number of sulfonamides is 1. The fraction of sp³-hybridized carbons (Fsp3) is 0.278. The molecular weight excluding hydrogens is 376 g/mol. The molecule has 0 aliphatic carbocycles. The number of hydrogen-bond acceptors (Lipinski definition) is 3. The number of rotatable bonds is 7. The first-order valence-corrected chi connectivity index (χ1v) is 9.66. The van der Waals surface area contributed by atoms with Gasteiger partial charge >= 0.3 is 6.03 Å². The summed E-state index contributed by atoms with van der Waals surface area (Å²) in [5, 5.41) is 2.53. The van der Waals surface area contributed by atoms with Gasteiger partial charge in [-0.05, 0) is 25.1 Å². The van der Waals surface area contributed by atoms with Gasteiger partial charge in [-0.1, -0.05) is 23.8 Å². The minimum atomic E-state index is -3.65. The molecule has 0 heterocycles. The molecule has 2 amide bonds. The molecule has 9 heteroatoms. The van der Waals surface area contributed by atoms with Crippen molar-refractivity contribution in [3.8, 4) is 0 Å². The number of hydrogen-bond donors (Lipinski definition) is 2. The molecule has 0 aromatic heterocycles. The Balaban J connectivity index is 1.80. The van der Waals surface area contributed by atoms with Gasteiger partial charge in [0.2, 0.25) is 10.0 Å². The van der Waals surface area contributed by atoms with Gasteiger partial charge in [-0.25, -0.2) is 26.7 Å². The van der Waals surface area contributed by atoms with Crippen LogP contribution >= 0.6 is 0 Å². The van der Waals surface area contributed by atoms with Crippen LogP contribution in [-0.4, -0.2) is 39.5 Å². The summed E-state index contributed by atoms with van der Waals surface area (Å²) in [6.45, 7) is 1.86. The van der Waals surface area contributed by atoms with Crippen LogP contribution in [0.1, 0.15) is 11.1 Å². The van der Waals surface area contributed by atoms with Crippen molar-refractivity contribution >= 4 is 16.1 Å². The van der Waals surface area contributed by atoms with E-state index in [0.717, 1.165) is 17.7 Å². The molecule has 0 fully saturated rings. The number of carbonyl (C=O) groups excluding carboxylic acids is 1. The Morgan fingerprint density at radius 3 is 2.37 bits per heavy atom. The van der Waals surface area contributed by atoms with Crippen molar-refractivity contribution in [1.29, 1.82) is 0 Å². The van der Waals surface area contributed by atoms with E-state index in [2.05, 4.69) is 10.0 Å². The number of nitrogens with zero attached hydrogens (tertiary/aromatic N) is 1. The summed E-state index contributed by atoms with van der Waals surface area (Å²) >= 11 is 0. The number of amides is 2. The number of aryl methyl sites for hydroxylation is 1. The normalized spacial score (nSPS) is 11.3. The molecular formula is C18H21F2N3O3S. The summed E-state index contributed by atoms with van der Waals surface area (Å²) in [6.07, 6.45) is 0. The zero-order chi connectivity index (χ0) is 20.0.